The molecule has 0 radical (unpaired) electrons. The molecule has 0 saturated heterocycles. The van der Waals surface area contributed by atoms with E-state index in [-0.39, 0.29) is 0 Å². The van der Waals surface area contributed by atoms with Crippen LogP contribution in [0.25, 0.3) is 0 Å². The van der Waals surface area contributed by atoms with E-state index in [1.54, 1.807) is 30.3 Å². The monoisotopic (exact) mass is 195 g/mol. The second kappa shape index (κ2) is 4.67. The Labute approximate surface area is 82.1 Å². The number of hydrogen-bond donors (Lipinski definition) is 1. The molecule has 2 nitrogen and oxygen atoms in total. The van der Waals surface area contributed by atoms with Gasteiger partial charge in [-0.05, 0) is 17.7 Å². The van der Waals surface area contributed by atoms with Crippen molar-refractivity contribution in [2.24, 2.45) is 5.16 Å². The van der Waals surface area contributed by atoms with Gasteiger partial charge in [0.2, 0.25) is 0 Å². The molecular weight excluding hydrogens is 186 g/mol. The van der Waals surface area contributed by atoms with E-state index < -0.39 is 0 Å². The maximum absolute atomic E-state index is 8.69. The topological polar surface area (TPSA) is 32.6 Å². The Morgan fingerprint density at radius 2 is 2.08 bits per heavy atom. The second-order valence-corrected chi connectivity index (χ2v) is 2.98. The maximum atomic E-state index is 8.69. The smallest absolute Gasteiger partial charge is 0.0905 e. The molecule has 1 N–H and O–H groups in total. The molecule has 1 rings (SSSR count). The number of oxime groups is 1. The average Bonchev–Trinajstić information content (AvgIpc) is 2.16. The Morgan fingerprint density at radius 1 is 1.46 bits per heavy atom. The highest BCUT2D eigenvalue weighted by molar-refractivity contribution is 6.30. The van der Waals surface area contributed by atoms with Crippen LogP contribution in [0.3, 0.4) is 0 Å². The fourth-order valence-electron chi connectivity index (χ4n) is 0.995. The van der Waals surface area contributed by atoms with Crippen LogP contribution in [0, 0.1) is 0 Å². The molecule has 1 aromatic rings. The van der Waals surface area contributed by atoms with E-state index >= 15 is 0 Å². The number of halogens is 1. The quantitative estimate of drug-likeness (QED) is 0.342. The molecule has 0 fully saturated rings. The van der Waals surface area contributed by atoms with Gasteiger partial charge in [-0.2, -0.15) is 0 Å². The lowest BCUT2D eigenvalue weighted by atomic mass is 10.1. The summed E-state index contributed by atoms with van der Waals surface area (Å²) in [6.45, 7) is 3.57. The minimum Gasteiger partial charge on any atom is -0.411 e. The van der Waals surface area contributed by atoms with E-state index in [2.05, 4.69) is 11.7 Å². The van der Waals surface area contributed by atoms with Gasteiger partial charge in [-0.15, -0.1) is 6.58 Å². The molecular formula is C10H10ClNO. The zero-order valence-electron chi connectivity index (χ0n) is 7.07. The third kappa shape index (κ3) is 2.60. The SMILES string of the molecule is C=CCC(=NO)c1ccc(Cl)cc1. The van der Waals surface area contributed by atoms with Gasteiger partial charge in [0.15, 0.2) is 0 Å². The van der Waals surface area contributed by atoms with Crippen molar-refractivity contribution in [2.75, 3.05) is 0 Å². The first-order valence-corrected chi connectivity index (χ1v) is 4.23. The third-order valence-corrected chi connectivity index (χ3v) is 1.89. The van der Waals surface area contributed by atoms with Crippen LogP contribution in [-0.4, -0.2) is 10.9 Å². The Morgan fingerprint density at radius 3 is 2.54 bits per heavy atom. The summed E-state index contributed by atoms with van der Waals surface area (Å²) in [5.74, 6) is 0. The van der Waals surface area contributed by atoms with E-state index in [0.29, 0.717) is 17.2 Å². The molecule has 0 unspecified atom stereocenters. The molecule has 1 aromatic carbocycles. The van der Waals surface area contributed by atoms with Crippen molar-refractivity contribution in [3.05, 3.63) is 47.5 Å². The summed E-state index contributed by atoms with van der Waals surface area (Å²) in [5.41, 5.74) is 1.44. The predicted octanol–water partition coefficient (Wildman–Crippen LogP) is 3.09. The summed E-state index contributed by atoms with van der Waals surface area (Å²) >= 11 is 5.71. The number of benzene rings is 1. The minimum absolute atomic E-state index is 0.540. The first-order valence-electron chi connectivity index (χ1n) is 3.85. The average molecular weight is 196 g/mol. The predicted molar refractivity (Wildman–Crippen MR) is 54.6 cm³/mol. The summed E-state index contributed by atoms with van der Waals surface area (Å²) in [4.78, 5) is 0. The van der Waals surface area contributed by atoms with Crippen LogP contribution < -0.4 is 0 Å². The van der Waals surface area contributed by atoms with E-state index in [0.717, 1.165) is 5.56 Å². The van der Waals surface area contributed by atoms with Crippen LogP contribution in [0.15, 0.2) is 42.1 Å². The lowest BCUT2D eigenvalue weighted by molar-refractivity contribution is 0.318. The molecule has 0 spiro atoms. The molecule has 0 bridgehead atoms. The van der Waals surface area contributed by atoms with Crippen molar-refractivity contribution in [3.63, 3.8) is 0 Å². The van der Waals surface area contributed by atoms with Crippen LogP contribution in [0.4, 0.5) is 0 Å². The van der Waals surface area contributed by atoms with Gasteiger partial charge in [0.25, 0.3) is 0 Å². The van der Waals surface area contributed by atoms with Gasteiger partial charge in [0.05, 0.1) is 5.71 Å². The van der Waals surface area contributed by atoms with Gasteiger partial charge in [0.1, 0.15) is 0 Å². The largest absolute Gasteiger partial charge is 0.411 e. The molecule has 0 aliphatic carbocycles. The molecule has 0 aliphatic heterocycles. The van der Waals surface area contributed by atoms with Crippen molar-refractivity contribution in [1.82, 2.24) is 0 Å². The molecule has 0 aliphatic rings. The van der Waals surface area contributed by atoms with Gasteiger partial charge in [-0.3, -0.25) is 0 Å². The molecule has 13 heavy (non-hydrogen) atoms. The van der Waals surface area contributed by atoms with Crippen molar-refractivity contribution >= 4 is 17.3 Å². The standard InChI is InChI=1S/C10H10ClNO/c1-2-3-10(12-13)8-4-6-9(11)7-5-8/h2,4-7,13H,1,3H2. The second-order valence-electron chi connectivity index (χ2n) is 2.55. The Hall–Kier alpha value is -1.28. The molecule has 0 heterocycles. The first kappa shape index (κ1) is 9.81. The Balaban J connectivity index is 2.92. The van der Waals surface area contributed by atoms with Crippen LogP contribution in [0.1, 0.15) is 12.0 Å². The molecule has 0 amide bonds. The lowest BCUT2D eigenvalue weighted by Gasteiger charge is -2.00. The van der Waals surface area contributed by atoms with Gasteiger partial charge >= 0.3 is 0 Å². The Kier molecular flexibility index (Phi) is 3.53. The van der Waals surface area contributed by atoms with E-state index in [1.165, 1.54) is 0 Å². The molecule has 3 heteroatoms. The van der Waals surface area contributed by atoms with E-state index in [1.807, 2.05) is 0 Å². The van der Waals surface area contributed by atoms with Crippen LogP contribution >= 0.6 is 11.6 Å². The third-order valence-electron chi connectivity index (χ3n) is 1.64. The van der Waals surface area contributed by atoms with Gasteiger partial charge in [-0.25, -0.2) is 0 Å². The first-order chi connectivity index (χ1) is 6.27. The summed E-state index contributed by atoms with van der Waals surface area (Å²) in [5, 5.41) is 12.5. The summed E-state index contributed by atoms with van der Waals surface area (Å²) in [6.07, 6.45) is 2.22. The van der Waals surface area contributed by atoms with Crippen molar-refractivity contribution in [1.29, 1.82) is 0 Å². The van der Waals surface area contributed by atoms with Crippen LogP contribution in [0.2, 0.25) is 5.02 Å². The van der Waals surface area contributed by atoms with Crippen LogP contribution in [-0.2, 0) is 0 Å². The van der Waals surface area contributed by atoms with Crippen molar-refractivity contribution in [3.8, 4) is 0 Å². The molecule has 0 atom stereocenters. The fraction of sp³-hybridized carbons (Fsp3) is 0.100. The normalized spacial score (nSPS) is 11.3. The number of nitrogens with zero attached hydrogens (tertiary/aromatic N) is 1. The van der Waals surface area contributed by atoms with E-state index in [4.69, 9.17) is 16.8 Å². The van der Waals surface area contributed by atoms with Crippen LogP contribution in [0.5, 0.6) is 0 Å². The van der Waals surface area contributed by atoms with Gasteiger partial charge in [0, 0.05) is 11.4 Å². The number of allylic oxidation sites excluding steroid dienone is 1. The highest BCUT2D eigenvalue weighted by atomic mass is 35.5. The maximum Gasteiger partial charge on any atom is 0.0905 e. The lowest BCUT2D eigenvalue weighted by Crippen LogP contribution is -1.98. The fourth-order valence-corrected chi connectivity index (χ4v) is 1.12. The van der Waals surface area contributed by atoms with Gasteiger partial charge < -0.3 is 5.21 Å². The number of hydrogen-bond acceptors (Lipinski definition) is 2. The zero-order chi connectivity index (χ0) is 9.68. The van der Waals surface area contributed by atoms with Crippen molar-refractivity contribution in [2.45, 2.75) is 6.42 Å². The highest BCUT2D eigenvalue weighted by Crippen LogP contribution is 2.11. The zero-order valence-corrected chi connectivity index (χ0v) is 7.83. The number of rotatable bonds is 3. The molecule has 0 saturated carbocycles. The summed E-state index contributed by atoms with van der Waals surface area (Å²) < 4.78 is 0. The summed E-state index contributed by atoms with van der Waals surface area (Å²) in [7, 11) is 0. The van der Waals surface area contributed by atoms with Gasteiger partial charge in [-0.1, -0.05) is 35.0 Å². The van der Waals surface area contributed by atoms with E-state index in [9.17, 15) is 0 Å². The summed E-state index contributed by atoms with van der Waals surface area (Å²) in [6, 6.07) is 7.12. The minimum atomic E-state index is 0.540. The van der Waals surface area contributed by atoms with Crippen molar-refractivity contribution < 1.29 is 5.21 Å². The Bertz CT molecular complexity index is 316. The highest BCUT2D eigenvalue weighted by Gasteiger charge is 2.01. The molecule has 0 aromatic heterocycles. The molecule has 68 valence electrons.